The number of carbonyl (C=O) groups is 1. The third-order valence-electron chi connectivity index (χ3n) is 8.68. The first kappa shape index (κ1) is 32.2. The number of aliphatic hydroxyl groups is 1. The Hall–Kier alpha value is -0.981. The van der Waals surface area contributed by atoms with Crippen LogP contribution in [0.15, 0.2) is 6.20 Å². The van der Waals surface area contributed by atoms with Gasteiger partial charge in [0.1, 0.15) is 21.5 Å². The maximum atomic E-state index is 12.4. The fourth-order valence-corrected chi connectivity index (χ4v) is 8.36. The van der Waals surface area contributed by atoms with Gasteiger partial charge in [0.05, 0.1) is 99.7 Å². The molecule has 37 heavy (non-hydrogen) atoms. The molecule has 1 aromatic rings. The molecular formula is C16H41B14N5O2. The second-order valence-electron chi connectivity index (χ2n) is 16.1. The number of nitrogens with one attached hydrogen (secondary N) is 2. The van der Waals surface area contributed by atoms with Gasteiger partial charge in [-0.25, -0.2) is 4.98 Å². The molecule has 0 aliphatic heterocycles. The molecule has 3 unspecified atom stereocenters. The van der Waals surface area contributed by atoms with Gasteiger partial charge in [0, 0.05) is 17.1 Å². The van der Waals surface area contributed by atoms with E-state index in [-0.39, 0.29) is 31.9 Å². The lowest BCUT2D eigenvalue weighted by atomic mass is 9.12. The van der Waals surface area contributed by atoms with E-state index in [1.807, 2.05) is 7.85 Å². The lowest BCUT2D eigenvalue weighted by Crippen LogP contribution is -2.67. The number of hydrogen-bond acceptors (Lipinski definition) is 6. The Kier molecular flexibility index (Phi) is 8.61. The molecule has 0 saturated heterocycles. The molecule has 5 N–H and O–H groups in total. The van der Waals surface area contributed by atoms with Gasteiger partial charge in [-0.2, -0.15) is 4.98 Å². The Morgan fingerprint density at radius 1 is 0.973 bits per heavy atom. The van der Waals surface area contributed by atoms with E-state index in [9.17, 15) is 9.90 Å². The zero-order valence-corrected chi connectivity index (χ0v) is 26.1. The smallest absolute Gasteiger partial charge is 0.254 e. The van der Waals surface area contributed by atoms with E-state index < -0.39 is 22.4 Å². The molecule has 1 fully saturated rings. The third-order valence-corrected chi connectivity index (χ3v) is 8.68. The SMILES string of the molecule is BC1(Nc2nc(NC(C(B)(B)B)(C(B)(B)B)C(B)(B)B)ncc2C(N)=O)CCC(C(B)(B)B)C(B)(O)C1. The zero-order valence-electron chi connectivity index (χ0n) is 26.1. The fraction of sp³-hybridized carbons (Fsp3) is 0.688. The molecule has 0 radical (unpaired) electrons. The average molecular weight is 487 g/mol. The summed E-state index contributed by atoms with van der Waals surface area (Å²) in [6, 6.07) is 0. The molecule has 184 valence electrons. The normalized spacial score (nSPS) is 25.7. The Labute approximate surface area is 237 Å². The Bertz CT molecular complexity index is 983. The topological polar surface area (TPSA) is 113 Å². The lowest BCUT2D eigenvalue weighted by Gasteiger charge is -2.63. The second-order valence-corrected chi connectivity index (χ2v) is 16.1. The van der Waals surface area contributed by atoms with Gasteiger partial charge in [0.15, 0.2) is 0 Å². The standard InChI is InChI=1S/C16H41B14N5O2/c17-10(2-1-6(12(19,20)21)11(18,37)4-10)34-8-5(7(31)36)3-32-9(33-8)35-13(14(22,23)24,15(25,26)27)16(28,29)30/h3,6,37H,1-2,4,17-30H2,(H2,31,36)(H2,32,33,34,35). The summed E-state index contributed by atoms with van der Waals surface area (Å²) in [5.74, 6) is 0.440. The van der Waals surface area contributed by atoms with Gasteiger partial charge < -0.3 is 21.5 Å². The predicted molar refractivity (Wildman–Crippen MR) is 196 cm³/mol. The molecule has 1 amide bonds. The molecule has 2 rings (SSSR count). The summed E-state index contributed by atoms with van der Waals surface area (Å²) in [4.78, 5) is 21.8. The molecule has 1 aliphatic rings. The summed E-state index contributed by atoms with van der Waals surface area (Å²) in [5, 5.41) is 18.3. The Morgan fingerprint density at radius 2 is 1.46 bits per heavy atom. The number of nitrogens with two attached hydrogens (primary N) is 1. The van der Waals surface area contributed by atoms with Crippen LogP contribution in [-0.4, -0.2) is 147 Å². The van der Waals surface area contributed by atoms with Crippen LogP contribution in [-0.2, 0) is 0 Å². The first-order chi connectivity index (χ1) is 16.3. The predicted octanol–water partition coefficient (Wildman–Crippen LogP) is -12.5. The van der Waals surface area contributed by atoms with Crippen molar-refractivity contribution in [2.75, 3.05) is 10.6 Å². The number of carbonyl (C=O) groups excluding carboxylic acids is 1. The molecule has 3 atom stereocenters. The van der Waals surface area contributed by atoms with E-state index in [2.05, 4.69) is 118 Å². The molecule has 1 aliphatic carbocycles. The second kappa shape index (κ2) is 9.89. The highest BCUT2D eigenvalue weighted by atomic mass is 16.3. The van der Waals surface area contributed by atoms with E-state index in [0.717, 1.165) is 12.8 Å². The summed E-state index contributed by atoms with van der Waals surface area (Å²) < 4.78 is 0. The number of nitrogens with zero attached hydrogens (tertiary/aromatic N) is 2. The van der Waals surface area contributed by atoms with Crippen molar-refractivity contribution in [3.63, 3.8) is 0 Å². The number of rotatable bonds is 9. The minimum Gasteiger partial charge on any atom is -0.399 e. The molecule has 0 bridgehead atoms. The summed E-state index contributed by atoms with van der Waals surface area (Å²) in [6.45, 7) is 0. The number of primary amides is 1. The monoisotopic (exact) mass is 489 g/mol. The van der Waals surface area contributed by atoms with E-state index >= 15 is 0 Å². The highest BCUT2D eigenvalue weighted by Gasteiger charge is 2.56. The van der Waals surface area contributed by atoms with Crippen molar-refractivity contribution in [3.8, 4) is 0 Å². The van der Waals surface area contributed by atoms with Crippen LogP contribution in [0.2, 0.25) is 20.5 Å². The van der Waals surface area contributed by atoms with Crippen molar-refractivity contribution in [1.29, 1.82) is 0 Å². The van der Waals surface area contributed by atoms with Crippen molar-refractivity contribution in [2.45, 2.75) is 56.2 Å². The minimum absolute atomic E-state index is 0.00851. The van der Waals surface area contributed by atoms with Crippen LogP contribution in [0, 0.1) is 5.92 Å². The highest BCUT2D eigenvalue weighted by molar-refractivity contribution is 6.71. The molecular weight excluding hydrogens is 446 g/mol. The summed E-state index contributed by atoms with van der Waals surface area (Å²) >= 11 is 0. The van der Waals surface area contributed by atoms with Crippen molar-refractivity contribution in [3.05, 3.63) is 11.8 Å². The van der Waals surface area contributed by atoms with E-state index in [0.29, 0.717) is 18.2 Å². The molecule has 1 aromatic heterocycles. The molecule has 1 heterocycles. The van der Waals surface area contributed by atoms with E-state index in [1.165, 1.54) is 6.20 Å². The van der Waals surface area contributed by atoms with Crippen LogP contribution in [0.1, 0.15) is 29.6 Å². The highest BCUT2D eigenvalue weighted by Crippen LogP contribution is 2.55. The van der Waals surface area contributed by atoms with Crippen LogP contribution in [0.4, 0.5) is 11.8 Å². The molecule has 21 heteroatoms. The van der Waals surface area contributed by atoms with Crippen molar-refractivity contribution in [1.82, 2.24) is 9.97 Å². The first-order valence-corrected chi connectivity index (χ1v) is 13.7. The van der Waals surface area contributed by atoms with Gasteiger partial charge in [0.25, 0.3) is 5.91 Å². The minimum atomic E-state index is -0.862. The van der Waals surface area contributed by atoms with Crippen molar-refractivity contribution >= 4 is 128 Å². The van der Waals surface area contributed by atoms with E-state index in [1.54, 1.807) is 0 Å². The van der Waals surface area contributed by atoms with Gasteiger partial charge in [-0.15, -0.1) is 5.11 Å². The average Bonchev–Trinajstić information content (AvgIpc) is 2.60. The summed E-state index contributed by atoms with van der Waals surface area (Å²) in [5.41, 5.74) is 4.27. The first-order valence-electron chi connectivity index (χ1n) is 13.7. The molecule has 0 aromatic carbocycles. The third kappa shape index (κ3) is 6.44. The van der Waals surface area contributed by atoms with Crippen LogP contribution >= 0.6 is 0 Å². The van der Waals surface area contributed by atoms with Crippen molar-refractivity contribution in [2.24, 2.45) is 11.7 Å². The number of hydrogen-bond donors (Lipinski definition) is 4. The maximum Gasteiger partial charge on any atom is 0.254 e. The zero-order chi connectivity index (χ0) is 29.0. The van der Waals surface area contributed by atoms with Crippen LogP contribution < -0.4 is 16.4 Å². The number of anilines is 2. The molecule has 1 saturated carbocycles. The van der Waals surface area contributed by atoms with Gasteiger partial charge in [-0.3, -0.25) is 4.79 Å². The Morgan fingerprint density at radius 3 is 1.84 bits per heavy atom. The lowest BCUT2D eigenvalue weighted by molar-refractivity contribution is 0.0166. The quantitative estimate of drug-likeness (QED) is 0.258. The summed E-state index contributed by atoms with van der Waals surface area (Å²) in [6.07, 6.45) is 3.75. The van der Waals surface area contributed by atoms with Gasteiger partial charge in [-0.05, 0) is 30.7 Å². The van der Waals surface area contributed by atoms with Crippen LogP contribution in [0.5, 0.6) is 0 Å². The maximum absolute atomic E-state index is 12.4. The van der Waals surface area contributed by atoms with E-state index in [4.69, 9.17) is 10.7 Å². The van der Waals surface area contributed by atoms with Gasteiger partial charge >= 0.3 is 0 Å². The van der Waals surface area contributed by atoms with Gasteiger partial charge in [-0.1, -0.05) is 15.3 Å². The summed E-state index contributed by atoms with van der Waals surface area (Å²) in [7, 11) is 30.7. The molecule has 7 nitrogen and oxygen atoms in total. The largest absolute Gasteiger partial charge is 0.399 e. The van der Waals surface area contributed by atoms with Crippen molar-refractivity contribution < 1.29 is 9.90 Å². The van der Waals surface area contributed by atoms with Gasteiger partial charge in [0.2, 0.25) is 5.95 Å². The Balaban J connectivity index is 2.57. The van der Waals surface area contributed by atoms with Crippen LogP contribution in [0.3, 0.4) is 0 Å². The molecule has 0 spiro atoms. The van der Waals surface area contributed by atoms with Crippen LogP contribution in [0.25, 0.3) is 0 Å². The number of amides is 1. The number of aromatic nitrogens is 2. The fourth-order valence-electron chi connectivity index (χ4n) is 8.36.